The molecule has 2 aliphatic heterocycles. The predicted molar refractivity (Wildman–Crippen MR) is 129 cm³/mol. The number of rotatable bonds is 6. The van der Waals surface area contributed by atoms with Crippen molar-refractivity contribution >= 4 is 25.8 Å². The van der Waals surface area contributed by atoms with Crippen LogP contribution in [0.25, 0.3) is 0 Å². The van der Waals surface area contributed by atoms with Crippen molar-refractivity contribution in [1.82, 2.24) is 14.5 Å². The first-order valence-corrected chi connectivity index (χ1v) is 14.8. The lowest BCUT2D eigenvalue weighted by molar-refractivity contribution is -0.140. The van der Waals surface area contributed by atoms with Crippen molar-refractivity contribution in [2.24, 2.45) is 0 Å². The summed E-state index contributed by atoms with van der Waals surface area (Å²) in [5.41, 5.74) is -1.45. The summed E-state index contributed by atoms with van der Waals surface area (Å²) in [6.45, 7) is 1.36. The quantitative estimate of drug-likeness (QED) is 0.584. The fourth-order valence-electron chi connectivity index (χ4n) is 4.80. The van der Waals surface area contributed by atoms with Crippen molar-refractivity contribution in [2.45, 2.75) is 58.6 Å². The largest absolute Gasteiger partial charge is 0.417 e. The van der Waals surface area contributed by atoms with Gasteiger partial charge in [-0.3, -0.25) is 9.69 Å². The number of carbonyl (C=O) groups excluding carboxylic acids is 1. The molecule has 2 aliphatic rings. The van der Waals surface area contributed by atoms with E-state index in [1.165, 1.54) is 24.3 Å². The van der Waals surface area contributed by atoms with Crippen molar-refractivity contribution in [1.29, 1.82) is 0 Å². The number of hydrogen-bond donors (Lipinski definition) is 1. The van der Waals surface area contributed by atoms with E-state index in [0.29, 0.717) is 12.1 Å². The molecule has 1 amide bonds. The summed E-state index contributed by atoms with van der Waals surface area (Å²) in [5.74, 6) is -0.0283. The maximum absolute atomic E-state index is 13.7. The lowest BCUT2D eigenvalue weighted by atomic mass is 10.0. The fourth-order valence-corrected chi connectivity index (χ4v) is 7.74. The average molecular weight is 560 g/mol. The molecule has 0 aromatic heterocycles. The van der Waals surface area contributed by atoms with Gasteiger partial charge in [0.25, 0.3) is 0 Å². The SMILES string of the molecule is CN1CCC[C@@H]1C(=O)N1CCC(NS(=O)(=O)c2cc(S(=O)(=O)c3ccccc3)ccc2C(F)(F)F)CC1. The maximum Gasteiger partial charge on any atom is 0.417 e. The van der Waals surface area contributed by atoms with Crippen LogP contribution in [0, 0.1) is 0 Å². The van der Waals surface area contributed by atoms with E-state index in [9.17, 15) is 34.8 Å². The number of alkyl halides is 3. The highest BCUT2D eigenvalue weighted by Gasteiger charge is 2.40. The number of piperidine rings is 1. The van der Waals surface area contributed by atoms with Gasteiger partial charge in [0, 0.05) is 19.1 Å². The fraction of sp³-hybridized carbons (Fsp3) is 0.458. The summed E-state index contributed by atoms with van der Waals surface area (Å²) in [6, 6.07) is 7.92. The minimum atomic E-state index is -5.03. The molecule has 0 spiro atoms. The Bertz CT molecular complexity index is 1360. The zero-order valence-corrected chi connectivity index (χ0v) is 21.7. The monoisotopic (exact) mass is 559 g/mol. The number of sulfonamides is 1. The minimum absolute atomic E-state index is 0.0283. The summed E-state index contributed by atoms with van der Waals surface area (Å²) in [4.78, 5) is 14.5. The molecular formula is C24H28F3N3O5S2. The highest BCUT2D eigenvalue weighted by atomic mass is 32.2. The van der Waals surface area contributed by atoms with E-state index >= 15 is 0 Å². The number of hydrogen-bond acceptors (Lipinski definition) is 6. The van der Waals surface area contributed by atoms with Gasteiger partial charge < -0.3 is 4.90 Å². The standard InChI is InChI=1S/C24H28F3N3O5S2/c1-29-13-5-8-21(29)23(31)30-14-11-17(12-15-30)28-37(34,35)22-16-19(9-10-20(22)24(25,26)27)36(32,33)18-6-3-2-4-7-18/h2-4,6-7,9-10,16-17,21,28H,5,8,11-15H2,1H3/t21-/m1/s1. The highest BCUT2D eigenvalue weighted by molar-refractivity contribution is 7.91. The summed E-state index contributed by atoms with van der Waals surface area (Å²) < 4.78 is 95.8. The van der Waals surface area contributed by atoms with E-state index in [2.05, 4.69) is 4.72 Å². The Hall–Kier alpha value is -2.48. The number of nitrogens with zero attached hydrogens (tertiary/aromatic N) is 2. The predicted octanol–water partition coefficient (Wildman–Crippen LogP) is 2.90. The summed E-state index contributed by atoms with van der Waals surface area (Å²) in [7, 11) is -7.13. The van der Waals surface area contributed by atoms with Crippen LogP contribution in [0.1, 0.15) is 31.2 Å². The Morgan fingerprint density at radius 1 is 0.919 bits per heavy atom. The molecule has 0 radical (unpaired) electrons. The molecule has 2 aromatic rings. The lowest BCUT2D eigenvalue weighted by Gasteiger charge is -2.35. The van der Waals surface area contributed by atoms with Crippen molar-refractivity contribution in [2.75, 3.05) is 26.7 Å². The molecule has 4 rings (SSSR count). The summed E-state index contributed by atoms with van der Waals surface area (Å²) in [5, 5.41) is 0. The number of nitrogens with one attached hydrogen (secondary N) is 1. The molecule has 1 atom stereocenters. The van der Waals surface area contributed by atoms with Crippen LogP contribution < -0.4 is 4.72 Å². The van der Waals surface area contributed by atoms with Gasteiger partial charge in [-0.05, 0) is 69.6 Å². The van der Waals surface area contributed by atoms with Crippen molar-refractivity contribution < 1.29 is 34.8 Å². The molecule has 2 fully saturated rings. The maximum atomic E-state index is 13.7. The molecule has 0 unspecified atom stereocenters. The van der Waals surface area contributed by atoms with Gasteiger partial charge in [0.15, 0.2) is 0 Å². The average Bonchev–Trinajstić information content (AvgIpc) is 3.29. The first kappa shape index (κ1) is 27.6. The van der Waals surface area contributed by atoms with Crippen LogP contribution in [-0.4, -0.2) is 71.3 Å². The van der Waals surface area contributed by atoms with Gasteiger partial charge >= 0.3 is 6.18 Å². The molecule has 0 bridgehead atoms. The van der Waals surface area contributed by atoms with Gasteiger partial charge in [0.05, 0.1) is 26.3 Å². The molecular weight excluding hydrogens is 531 g/mol. The van der Waals surface area contributed by atoms with E-state index < -0.39 is 47.4 Å². The Morgan fingerprint density at radius 2 is 1.57 bits per heavy atom. The molecule has 37 heavy (non-hydrogen) atoms. The Kier molecular flexibility index (Phi) is 7.71. The first-order chi connectivity index (χ1) is 17.3. The molecule has 2 saturated heterocycles. The van der Waals surface area contributed by atoms with Gasteiger partial charge in [-0.1, -0.05) is 18.2 Å². The van der Waals surface area contributed by atoms with Gasteiger partial charge in [0.1, 0.15) is 0 Å². The second kappa shape index (κ2) is 10.4. The van der Waals surface area contributed by atoms with Gasteiger partial charge in [-0.25, -0.2) is 21.6 Å². The number of benzene rings is 2. The van der Waals surface area contributed by atoms with Crippen LogP contribution in [0.2, 0.25) is 0 Å². The van der Waals surface area contributed by atoms with Crippen molar-refractivity contribution in [3.05, 3.63) is 54.1 Å². The van der Waals surface area contributed by atoms with Crippen molar-refractivity contribution in [3.8, 4) is 0 Å². The second-order valence-corrected chi connectivity index (χ2v) is 13.0. The number of halogens is 3. The molecule has 202 valence electrons. The van der Waals surface area contributed by atoms with Crippen LogP contribution in [0.5, 0.6) is 0 Å². The molecule has 13 heteroatoms. The molecule has 1 N–H and O–H groups in total. The number of amides is 1. The van der Waals surface area contributed by atoms with Gasteiger partial charge in [-0.15, -0.1) is 0 Å². The van der Waals surface area contributed by atoms with Gasteiger partial charge in [0.2, 0.25) is 25.8 Å². The Balaban J connectivity index is 1.56. The van der Waals surface area contributed by atoms with Crippen LogP contribution in [-0.2, 0) is 30.8 Å². The number of likely N-dealkylation sites (N-methyl/N-ethyl adjacent to an activating group) is 1. The lowest BCUT2D eigenvalue weighted by Crippen LogP contribution is -2.51. The van der Waals surface area contributed by atoms with Crippen LogP contribution in [0.4, 0.5) is 13.2 Å². The summed E-state index contributed by atoms with van der Waals surface area (Å²) >= 11 is 0. The van der Waals surface area contributed by atoms with E-state index in [1.807, 2.05) is 11.9 Å². The molecule has 0 saturated carbocycles. The van der Waals surface area contributed by atoms with E-state index in [4.69, 9.17) is 0 Å². The number of sulfone groups is 1. The number of likely N-dealkylation sites (tertiary alicyclic amines) is 2. The smallest absolute Gasteiger partial charge is 0.341 e. The molecule has 0 aliphatic carbocycles. The minimum Gasteiger partial charge on any atom is -0.341 e. The third-order valence-corrected chi connectivity index (χ3v) is 10.2. The first-order valence-electron chi connectivity index (χ1n) is 11.8. The zero-order valence-electron chi connectivity index (χ0n) is 20.1. The third-order valence-electron chi connectivity index (χ3n) is 6.85. The third kappa shape index (κ3) is 5.84. The second-order valence-electron chi connectivity index (χ2n) is 9.33. The van der Waals surface area contributed by atoms with Crippen LogP contribution >= 0.6 is 0 Å². The highest BCUT2D eigenvalue weighted by Crippen LogP contribution is 2.36. The van der Waals surface area contributed by atoms with E-state index in [1.54, 1.807) is 11.0 Å². The Morgan fingerprint density at radius 3 is 2.14 bits per heavy atom. The molecule has 2 heterocycles. The van der Waals surface area contributed by atoms with Gasteiger partial charge in [-0.2, -0.15) is 13.2 Å². The summed E-state index contributed by atoms with van der Waals surface area (Å²) in [6.07, 6.45) is -2.90. The van der Waals surface area contributed by atoms with Crippen LogP contribution in [0.3, 0.4) is 0 Å². The van der Waals surface area contributed by atoms with Crippen molar-refractivity contribution in [3.63, 3.8) is 0 Å². The van der Waals surface area contributed by atoms with E-state index in [0.717, 1.165) is 25.5 Å². The van der Waals surface area contributed by atoms with Crippen LogP contribution in [0.15, 0.2) is 63.2 Å². The Labute approximate surface area is 214 Å². The zero-order chi connectivity index (χ0) is 27.0. The normalized spacial score (nSPS) is 20.3. The molecule has 8 nitrogen and oxygen atoms in total. The topological polar surface area (TPSA) is 104 Å². The van der Waals surface area contributed by atoms with E-state index in [-0.39, 0.29) is 42.8 Å². The number of carbonyl (C=O) groups is 1. The molecule has 2 aromatic carbocycles.